The summed E-state index contributed by atoms with van der Waals surface area (Å²) in [7, 11) is 0. The molecule has 0 aliphatic heterocycles. The highest BCUT2D eigenvalue weighted by Gasteiger charge is 2.25. The second-order valence-corrected chi connectivity index (χ2v) is 24.8. The van der Waals surface area contributed by atoms with E-state index in [1.807, 2.05) is 6.07 Å². The van der Waals surface area contributed by atoms with Crippen molar-refractivity contribution < 1.29 is 8.83 Å². The molecule has 0 spiro atoms. The Bertz CT molecular complexity index is 6040. The number of hydrogen-bond donors (Lipinski definition) is 0. The summed E-state index contributed by atoms with van der Waals surface area (Å²) >= 11 is 0. The van der Waals surface area contributed by atoms with Crippen LogP contribution in [0.3, 0.4) is 0 Å². The number of para-hydroxylation sites is 1. The van der Waals surface area contributed by atoms with Crippen LogP contribution in [-0.2, 0) is 0 Å². The highest BCUT2D eigenvalue weighted by atomic mass is 16.3. The molecule has 0 saturated heterocycles. The molecule has 0 atom stereocenters. The maximum absolute atomic E-state index is 6.99. The zero-order valence-electron chi connectivity index (χ0n) is 52.5. The Balaban J connectivity index is 0.000000141. The molecule has 0 aliphatic carbocycles. The minimum Gasteiger partial charge on any atom is -0.455 e. The third-order valence-corrected chi connectivity index (χ3v) is 19.3. The summed E-state index contributed by atoms with van der Waals surface area (Å²) in [4.78, 5) is 0. The highest BCUT2D eigenvalue weighted by molar-refractivity contribution is 6.25. The van der Waals surface area contributed by atoms with Gasteiger partial charge in [0.25, 0.3) is 0 Å². The van der Waals surface area contributed by atoms with Crippen molar-refractivity contribution in [3.63, 3.8) is 0 Å². The summed E-state index contributed by atoms with van der Waals surface area (Å²) in [6, 6.07) is 131. The van der Waals surface area contributed by atoms with E-state index < -0.39 is 0 Å². The van der Waals surface area contributed by atoms with E-state index in [2.05, 4.69) is 358 Å². The van der Waals surface area contributed by atoms with Crippen LogP contribution in [0, 0.1) is 0 Å². The van der Waals surface area contributed by atoms with Crippen LogP contribution in [0.5, 0.6) is 0 Å². The van der Waals surface area contributed by atoms with E-state index in [-0.39, 0.29) is 0 Å². The van der Waals surface area contributed by atoms with Crippen molar-refractivity contribution in [3.8, 4) is 101 Å². The van der Waals surface area contributed by atoms with Crippen molar-refractivity contribution >= 4 is 86.6 Å². The molecule has 0 N–H and O–H groups in total. The molecule has 0 bridgehead atoms. The first-order chi connectivity index (χ1) is 47.7. The van der Waals surface area contributed by atoms with Crippen LogP contribution in [0.2, 0.25) is 0 Å². The topological polar surface area (TPSA) is 26.3 Å². The van der Waals surface area contributed by atoms with Gasteiger partial charge >= 0.3 is 0 Å². The van der Waals surface area contributed by atoms with Gasteiger partial charge in [-0.25, -0.2) is 0 Å². The van der Waals surface area contributed by atoms with Gasteiger partial charge in [-0.05, 0) is 138 Å². The van der Waals surface area contributed by atoms with Gasteiger partial charge in [0.1, 0.15) is 22.7 Å². The molecule has 17 aromatic carbocycles. The molecule has 19 rings (SSSR count). The summed E-state index contributed by atoms with van der Waals surface area (Å²) in [5.74, 6) is 1.79. The number of furan rings is 2. The third kappa shape index (κ3) is 9.65. The van der Waals surface area contributed by atoms with E-state index in [1.165, 1.54) is 115 Å². The SMILES string of the molecule is c1ccc(-c2oc3c(-c4c5ccccc5c(-c5ccc6ccccc6c5)c5ccccc45)cccc3c2-c2ccccc2)cc1.c1ccc(-c2oc3ccc(-c4c5ccccc5c(-c5ccc(-c6cccc7ccccc67)cc5)c5ccccc45)cc3c2-c2ccccc2)cc1. The van der Waals surface area contributed by atoms with Gasteiger partial charge in [0.2, 0.25) is 0 Å². The van der Waals surface area contributed by atoms with Crippen LogP contribution in [0.25, 0.3) is 187 Å². The molecule has 0 saturated carbocycles. The second-order valence-electron chi connectivity index (χ2n) is 24.8. The maximum atomic E-state index is 6.99. The standard InChI is InChI=1S/C50H32O.C44H28O/c1-3-15-35(16-4-1)49-45-32-38(30-31-46(45)51-50(49)37-17-5-2-6-18-37)48-43-23-11-9-21-41(43)47(42-22-10-12-24-44(42)48)36-28-26-34(27-29-36)40-25-13-19-33-14-7-8-20-39(33)40;1-3-15-30(16-4-1)41-38-24-13-25-39(44(38)45-43(41)31-17-5-2-6-18-31)42-36-22-11-9-20-34(36)40(35-21-10-12-23-37(35)42)33-27-26-29-14-7-8-19-32(29)28-33/h1-32H;1-28H. The Hall–Kier alpha value is -12.6. The molecule has 2 heterocycles. The van der Waals surface area contributed by atoms with Crippen LogP contribution < -0.4 is 0 Å². The summed E-state index contributed by atoms with van der Waals surface area (Å²) in [5, 5.41) is 17.1. The number of fused-ring (bicyclic) bond motifs is 8. The van der Waals surface area contributed by atoms with Crippen LogP contribution in [0.4, 0.5) is 0 Å². The Labute approximate surface area is 556 Å². The molecular formula is C94H60O2. The van der Waals surface area contributed by atoms with E-state index in [9.17, 15) is 0 Å². The first-order valence-corrected chi connectivity index (χ1v) is 33.0. The van der Waals surface area contributed by atoms with E-state index in [0.717, 1.165) is 72.4 Å². The maximum Gasteiger partial charge on any atom is 0.143 e. The lowest BCUT2D eigenvalue weighted by Gasteiger charge is -2.18. The van der Waals surface area contributed by atoms with Crippen LogP contribution in [0.15, 0.2) is 373 Å². The van der Waals surface area contributed by atoms with Gasteiger partial charge in [-0.15, -0.1) is 0 Å². The quantitative estimate of drug-likeness (QED) is 0.135. The van der Waals surface area contributed by atoms with Gasteiger partial charge in [-0.2, -0.15) is 0 Å². The van der Waals surface area contributed by atoms with Crippen LogP contribution >= 0.6 is 0 Å². The molecule has 0 radical (unpaired) electrons. The van der Waals surface area contributed by atoms with Gasteiger partial charge in [0.05, 0.1) is 0 Å². The fraction of sp³-hybridized carbons (Fsp3) is 0. The molecular weight excluding hydrogens is 1160 g/mol. The molecule has 2 aromatic heterocycles. The average molecular weight is 1220 g/mol. The van der Waals surface area contributed by atoms with Crippen LogP contribution in [-0.4, -0.2) is 0 Å². The van der Waals surface area contributed by atoms with E-state index >= 15 is 0 Å². The highest BCUT2D eigenvalue weighted by Crippen LogP contribution is 2.51. The van der Waals surface area contributed by atoms with Crippen molar-refractivity contribution in [2.75, 3.05) is 0 Å². The largest absolute Gasteiger partial charge is 0.455 e. The molecule has 19 aromatic rings. The van der Waals surface area contributed by atoms with E-state index in [0.29, 0.717) is 0 Å². The van der Waals surface area contributed by atoms with E-state index in [1.54, 1.807) is 0 Å². The van der Waals surface area contributed by atoms with Gasteiger partial charge in [-0.1, -0.05) is 346 Å². The number of benzene rings is 17. The van der Waals surface area contributed by atoms with E-state index in [4.69, 9.17) is 8.83 Å². The molecule has 2 nitrogen and oxygen atoms in total. The Morgan fingerprint density at radius 3 is 1.04 bits per heavy atom. The number of rotatable bonds is 9. The molecule has 2 heteroatoms. The molecule has 0 unspecified atom stereocenters. The minimum absolute atomic E-state index is 0.882. The van der Waals surface area contributed by atoms with Gasteiger partial charge in [0.15, 0.2) is 0 Å². The van der Waals surface area contributed by atoms with Crippen molar-refractivity contribution in [2.45, 2.75) is 0 Å². The predicted molar refractivity (Wildman–Crippen MR) is 406 cm³/mol. The Morgan fingerprint density at radius 2 is 0.500 bits per heavy atom. The van der Waals surface area contributed by atoms with Crippen LogP contribution in [0.1, 0.15) is 0 Å². The lowest BCUT2D eigenvalue weighted by Crippen LogP contribution is -1.91. The van der Waals surface area contributed by atoms with Gasteiger partial charge < -0.3 is 8.83 Å². The van der Waals surface area contributed by atoms with Crippen molar-refractivity contribution in [1.29, 1.82) is 0 Å². The predicted octanol–water partition coefficient (Wildman–Crippen LogP) is 26.8. The lowest BCUT2D eigenvalue weighted by molar-refractivity contribution is 0.632. The summed E-state index contributed by atoms with van der Waals surface area (Å²) in [6.07, 6.45) is 0. The second kappa shape index (κ2) is 23.8. The van der Waals surface area contributed by atoms with Crippen molar-refractivity contribution in [1.82, 2.24) is 0 Å². The Morgan fingerprint density at radius 1 is 0.156 bits per heavy atom. The fourth-order valence-corrected chi connectivity index (χ4v) is 15.1. The Kier molecular flexibility index (Phi) is 13.9. The zero-order chi connectivity index (χ0) is 63.5. The lowest BCUT2D eigenvalue weighted by atomic mass is 9.85. The summed E-state index contributed by atoms with van der Waals surface area (Å²) in [5.41, 5.74) is 20.6. The first kappa shape index (κ1) is 56.2. The molecule has 0 aliphatic rings. The third-order valence-electron chi connectivity index (χ3n) is 19.3. The van der Waals surface area contributed by atoms with Crippen molar-refractivity contribution in [2.24, 2.45) is 0 Å². The molecule has 96 heavy (non-hydrogen) atoms. The average Bonchev–Trinajstić information content (AvgIpc) is 0.780. The smallest absolute Gasteiger partial charge is 0.143 e. The van der Waals surface area contributed by atoms with Gasteiger partial charge in [-0.3, -0.25) is 0 Å². The summed E-state index contributed by atoms with van der Waals surface area (Å²) < 4.78 is 13.6. The number of hydrogen-bond acceptors (Lipinski definition) is 2. The minimum atomic E-state index is 0.882. The molecule has 0 fully saturated rings. The molecule has 0 amide bonds. The monoisotopic (exact) mass is 1220 g/mol. The molecule has 448 valence electrons. The fourth-order valence-electron chi connectivity index (χ4n) is 15.1. The first-order valence-electron chi connectivity index (χ1n) is 33.0. The summed E-state index contributed by atoms with van der Waals surface area (Å²) in [6.45, 7) is 0. The van der Waals surface area contributed by atoms with Crippen molar-refractivity contribution in [3.05, 3.63) is 364 Å². The van der Waals surface area contributed by atoms with Gasteiger partial charge in [0, 0.05) is 44.2 Å². The normalized spacial score (nSPS) is 11.5. The zero-order valence-corrected chi connectivity index (χ0v) is 52.5.